The molecule has 1 saturated carbocycles. The number of allylic oxidation sites excluding steroid dienone is 1. The molecule has 0 aromatic carbocycles. The average Bonchev–Trinajstić information content (AvgIpc) is 3.13. The van der Waals surface area contributed by atoms with Crippen molar-refractivity contribution in [1.29, 1.82) is 0 Å². The molecule has 2 unspecified atom stereocenters. The predicted molar refractivity (Wildman–Crippen MR) is 93.7 cm³/mol. The minimum Gasteiger partial charge on any atom is -0.393 e. The number of aliphatic hydroxyl groups excluding tert-OH is 1. The minimum atomic E-state index is -3.38. The topological polar surface area (TPSA) is 80.1 Å². The SMILES string of the molecule is CN1c2nc(C3=CCC(O)CC3)ccc2N(CC2CC2(F)F)S1(O)O. The maximum absolute atomic E-state index is 13.3. The lowest BCUT2D eigenvalue weighted by atomic mass is 9.95. The van der Waals surface area contributed by atoms with Gasteiger partial charge in [-0.3, -0.25) is 9.11 Å². The second-order valence-electron chi connectivity index (χ2n) is 6.91. The van der Waals surface area contributed by atoms with Crippen molar-refractivity contribution in [3.8, 4) is 0 Å². The number of halogens is 2. The van der Waals surface area contributed by atoms with Gasteiger partial charge in [-0.2, -0.15) is 0 Å². The minimum absolute atomic E-state index is 0.109. The van der Waals surface area contributed by atoms with Gasteiger partial charge in [0.05, 0.1) is 11.8 Å². The number of anilines is 2. The third-order valence-electron chi connectivity index (χ3n) is 5.14. The van der Waals surface area contributed by atoms with Crippen LogP contribution in [0.15, 0.2) is 18.2 Å². The fourth-order valence-corrected chi connectivity index (χ4v) is 4.81. The highest BCUT2D eigenvalue weighted by Crippen LogP contribution is 2.62. The number of rotatable bonds is 3. The number of pyridine rings is 1. The number of alkyl halides is 2. The predicted octanol–water partition coefficient (Wildman–Crippen LogP) is 3.50. The van der Waals surface area contributed by atoms with Crippen molar-refractivity contribution in [3.63, 3.8) is 0 Å². The van der Waals surface area contributed by atoms with Gasteiger partial charge in [-0.1, -0.05) is 6.08 Å². The zero-order chi connectivity index (χ0) is 18.0. The zero-order valence-electron chi connectivity index (χ0n) is 13.8. The number of aromatic nitrogens is 1. The van der Waals surface area contributed by atoms with E-state index < -0.39 is 22.8 Å². The van der Waals surface area contributed by atoms with Gasteiger partial charge in [-0.05, 0) is 47.9 Å². The van der Waals surface area contributed by atoms with E-state index >= 15 is 0 Å². The van der Waals surface area contributed by atoms with Crippen molar-refractivity contribution in [2.24, 2.45) is 5.92 Å². The molecule has 138 valence electrons. The van der Waals surface area contributed by atoms with Crippen LogP contribution in [0.4, 0.5) is 20.3 Å². The molecule has 1 aromatic rings. The summed E-state index contributed by atoms with van der Waals surface area (Å²) in [6, 6.07) is 3.48. The van der Waals surface area contributed by atoms with Crippen LogP contribution in [0.5, 0.6) is 0 Å². The normalized spacial score (nSPS) is 30.7. The van der Waals surface area contributed by atoms with Crippen molar-refractivity contribution < 1.29 is 23.0 Å². The number of hydrogen-bond acceptors (Lipinski definition) is 6. The van der Waals surface area contributed by atoms with E-state index in [1.165, 1.54) is 15.7 Å². The lowest BCUT2D eigenvalue weighted by Crippen LogP contribution is -2.33. The first-order valence-corrected chi connectivity index (χ1v) is 9.72. The van der Waals surface area contributed by atoms with Crippen LogP contribution in [0.1, 0.15) is 31.4 Å². The fourth-order valence-electron chi connectivity index (χ4n) is 3.36. The Morgan fingerprint density at radius 3 is 2.68 bits per heavy atom. The molecule has 3 aliphatic rings. The summed E-state index contributed by atoms with van der Waals surface area (Å²) in [4.78, 5) is 4.54. The van der Waals surface area contributed by atoms with Crippen LogP contribution < -0.4 is 8.61 Å². The summed E-state index contributed by atoms with van der Waals surface area (Å²) in [7, 11) is -1.87. The van der Waals surface area contributed by atoms with Gasteiger partial charge in [-0.15, -0.1) is 0 Å². The molecule has 0 amide bonds. The Bertz CT molecular complexity index is 743. The molecule has 9 heteroatoms. The van der Waals surface area contributed by atoms with Crippen LogP contribution >= 0.6 is 11.0 Å². The molecule has 4 rings (SSSR count). The van der Waals surface area contributed by atoms with Crippen LogP contribution in [0, 0.1) is 5.92 Å². The Kier molecular flexibility index (Phi) is 3.77. The van der Waals surface area contributed by atoms with Gasteiger partial charge in [0, 0.05) is 25.9 Å². The van der Waals surface area contributed by atoms with Gasteiger partial charge in [0.15, 0.2) is 5.82 Å². The standard InChI is InChI=1S/C16H21F2N3O3S/c1-20-15-14(21(25(20,23)24)9-11-8-16(11,17)18)7-6-13(19-15)10-2-4-12(22)5-3-10/h2,6-7,11-12,22-24H,3-5,8-9H2,1H3. The number of aliphatic hydroxyl groups is 1. The quantitative estimate of drug-likeness (QED) is 0.753. The van der Waals surface area contributed by atoms with Gasteiger partial charge in [0.25, 0.3) is 5.92 Å². The highest BCUT2D eigenvalue weighted by atomic mass is 32.3. The fraction of sp³-hybridized carbons (Fsp3) is 0.562. The Morgan fingerprint density at radius 2 is 2.08 bits per heavy atom. The molecular weight excluding hydrogens is 352 g/mol. The van der Waals surface area contributed by atoms with Crippen LogP contribution in [0.3, 0.4) is 0 Å². The molecule has 0 radical (unpaired) electrons. The molecule has 2 aliphatic carbocycles. The molecule has 0 bridgehead atoms. The highest BCUT2D eigenvalue weighted by Gasteiger charge is 2.59. The second-order valence-corrected chi connectivity index (χ2v) is 8.88. The molecule has 25 heavy (non-hydrogen) atoms. The summed E-state index contributed by atoms with van der Waals surface area (Å²) < 4.78 is 50.0. The Balaban J connectivity index is 1.65. The third kappa shape index (κ3) is 2.79. The van der Waals surface area contributed by atoms with Crippen molar-refractivity contribution >= 4 is 28.0 Å². The molecule has 1 fully saturated rings. The van der Waals surface area contributed by atoms with Gasteiger partial charge < -0.3 is 5.11 Å². The van der Waals surface area contributed by atoms with E-state index in [-0.39, 0.29) is 19.1 Å². The molecule has 2 heterocycles. The number of fused-ring (bicyclic) bond motifs is 1. The molecule has 2 atom stereocenters. The van der Waals surface area contributed by atoms with E-state index in [4.69, 9.17) is 0 Å². The summed E-state index contributed by atoms with van der Waals surface area (Å²) in [6.45, 7) is -0.109. The van der Waals surface area contributed by atoms with E-state index in [1.54, 1.807) is 12.1 Å². The number of hydrogen-bond donors (Lipinski definition) is 3. The monoisotopic (exact) mass is 373 g/mol. The smallest absolute Gasteiger partial charge is 0.253 e. The van der Waals surface area contributed by atoms with E-state index in [2.05, 4.69) is 4.98 Å². The summed E-state index contributed by atoms with van der Waals surface area (Å²) in [5.74, 6) is -3.20. The van der Waals surface area contributed by atoms with Crippen molar-refractivity contribution in [2.75, 3.05) is 22.2 Å². The second kappa shape index (κ2) is 5.54. The largest absolute Gasteiger partial charge is 0.393 e. The summed E-state index contributed by atoms with van der Waals surface area (Å²) in [6.07, 6.45) is 3.33. The molecule has 1 aliphatic heterocycles. The van der Waals surface area contributed by atoms with Crippen LogP contribution in [-0.4, -0.2) is 44.8 Å². The van der Waals surface area contributed by atoms with Crippen molar-refractivity contribution in [2.45, 2.75) is 37.7 Å². The van der Waals surface area contributed by atoms with Crippen LogP contribution in [0.25, 0.3) is 5.57 Å². The lowest BCUT2D eigenvalue weighted by molar-refractivity contribution is 0.101. The summed E-state index contributed by atoms with van der Waals surface area (Å²) in [5, 5.41) is 9.60. The zero-order valence-corrected chi connectivity index (χ0v) is 14.6. The lowest BCUT2D eigenvalue weighted by Gasteiger charge is -2.41. The van der Waals surface area contributed by atoms with Crippen LogP contribution in [-0.2, 0) is 0 Å². The molecule has 0 saturated heterocycles. The van der Waals surface area contributed by atoms with E-state index in [0.717, 1.165) is 5.57 Å². The van der Waals surface area contributed by atoms with Gasteiger partial charge in [-0.25, -0.2) is 22.4 Å². The molecular formula is C16H21F2N3O3S. The van der Waals surface area contributed by atoms with Crippen molar-refractivity contribution in [3.05, 3.63) is 23.9 Å². The first kappa shape index (κ1) is 17.0. The Morgan fingerprint density at radius 1 is 1.36 bits per heavy atom. The molecule has 0 spiro atoms. The van der Waals surface area contributed by atoms with Gasteiger partial charge >= 0.3 is 0 Å². The summed E-state index contributed by atoms with van der Waals surface area (Å²) >= 11 is 0. The maximum atomic E-state index is 13.3. The van der Waals surface area contributed by atoms with Crippen LogP contribution in [0.2, 0.25) is 0 Å². The van der Waals surface area contributed by atoms with E-state index in [0.29, 0.717) is 36.5 Å². The molecule has 3 N–H and O–H groups in total. The van der Waals surface area contributed by atoms with Crippen molar-refractivity contribution in [1.82, 2.24) is 4.98 Å². The third-order valence-corrected chi connectivity index (χ3v) is 6.98. The first-order valence-electron chi connectivity index (χ1n) is 8.26. The Hall–Kier alpha value is -1.42. The maximum Gasteiger partial charge on any atom is 0.253 e. The van der Waals surface area contributed by atoms with Gasteiger partial charge in [0.2, 0.25) is 0 Å². The van der Waals surface area contributed by atoms with Gasteiger partial charge in [0.1, 0.15) is 5.69 Å². The molecule has 6 nitrogen and oxygen atoms in total. The molecule has 1 aromatic heterocycles. The average molecular weight is 373 g/mol. The summed E-state index contributed by atoms with van der Waals surface area (Å²) in [5.41, 5.74) is 2.18. The first-order chi connectivity index (χ1) is 11.7. The number of nitrogens with zero attached hydrogens (tertiary/aromatic N) is 3. The van der Waals surface area contributed by atoms with E-state index in [9.17, 15) is 23.0 Å². The van der Waals surface area contributed by atoms with E-state index in [1.807, 2.05) is 6.08 Å². The Labute approximate surface area is 146 Å². The highest BCUT2D eigenvalue weighted by molar-refractivity contribution is 8.26.